The fraction of sp³-hybridized carbons (Fsp3) is 0.588. The highest BCUT2D eigenvalue weighted by atomic mass is 32.2. The van der Waals surface area contributed by atoms with Gasteiger partial charge in [-0.3, -0.25) is 9.69 Å². The summed E-state index contributed by atoms with van der Waals surface area (Å²) >= 11 is 1.86. The summed E-state index contributed by atoms with van der Waals surface area (Å²) in [5, 5.41) is 0. The van der Waals surface area contributed by atoms with Gasteiger partial charge in [0.2, 0.25) is 0 Å². The Hall–Kier alpha value is -0.840. The Bertz CT molecular complexity index is 427. The first-order valence-corrected chi connectivity index (χ1v) is 8.84. The van der Waals surface area contributed by atoms with Crippen molar-refractivity contribution in [3.05, 3.63) is 29.8 Å². The highest BCUT2D eigenvalue weighted by molar-refractivity contribution is 7.99. The summed E-state index contributed by atoms with van der Waals surface area (Å²) < 4.78 is 5.35. The number of nitrogens with zero attached hydrogens (tertiary/aromatic N) is 1. The van der Waals surface area contributed by atoms with E-state index < -0.39 is 0 Å². The SMILES string of the molecule is CCCCC(=O)c1ccc(SCCN2CCOCC2)cc1. The van der Waals surface area contributed by atoms with Crippen molar-refractivity contribution in [1.82, 2.24) is 4.90 Å². The molecular weight excluding hydrogens is 282 g/mol. The number of rotatable bonds is 8. The molecule has 1 aromatic rings. The van der Waals surface area contributed by atoms with E-state index in [1.807, 2.05) is 23.9 Å². The molecule has 0 aliphatic carbocycles. The predicted molar refractivity (Wildman–Crippen MR) is 88.3 cm³/mol. The summed E-state index contributed by atoms with van der Waals surface area (Å²) in [4.78, 5) is 15.6. The summed E-state index contributed by atoms with van der Waals surface area (Å²) in [5.74, 6) is 1.35. The number of carbonyl (C=O) groups is 1. The molecule has 1 saturated heterocycles. The molecule has 116 valence electrons. The number of hydrogen-bond donors (Lipinski definition) is 0. The van der Waals surface area contributed by atoms with Crippen molar-refractivity contribution in [3.63, 3.8) is 0 Å². The number of ketones is 1. The van der Waals surface area contributed by atoms with Crippen LogP contribution in [0.15, 0.2) is 29.2 Å². The lowest BCUT2D eigenvalue weighted by atomic mass is 10.1. The second-order valence-corrected chi connectivity index (χ2v) is 6.52. The Morgan fingerprint density at radius 3 is 2.62 bits per heavy atom. The lowest BCUT2D eigenvalue weighted by molar-refractivity contribution is 0.0410. The lowest BCUT2D eigenvalue weighted by Crippen LogP contribution is -2.37. The summed E-state index contributed by atoms with van der Waals surface area (Å²) in [6.45, 7) is 7.03. The number of thioether (sulfide) groups is 1. The van der Waals surface area contributed by atoms with Gasteiger partial charge in [0.25, 0.3) is 0 Å². The Labute approximate surface area is 132 Å². The van der Waals surface area contributed by atoms with Crippen molar-refractivity contribution < 1.29 is 9.53 Å². The van der Waals surface area contributed by atoms with Gasteiger partial charge in [-0.1, -0.05) is 25.5 Å². The maximum atomic E-state index is 11.9. The monoisotopic (exact) mass is 307 g/mol. The van der Waals surface area contributed by atoms with Crippen LogP contribution in [0.25, 0.3) is 0 Å². The third-order valence-corrected chi connectivity index (χ3v) is 4.71. The molecule has 2 rings (SSSR count). The van der Waals surface area contributed by atoms with Crippen LogP contribution in [-0.2, 0) is 4.74 Å². The molecule has 0 spiro atoms. The average Bonchev–Trinajstić information content (AvgIpc) is 2.54. The number of Topliss-reactive ketones (excluding diaryl/α,β-unsaturated/α-hetero) is 1. The highest BCUT2D eigenvalue weighted by Crippen LogP contribution is 2.19. The van der Waals surface area contributed by atoms with Crippen molar-refractivity contribution in [3.8, 4) is 0 Å². The van der Waals surface area contributed by atoms with Gasteiger partial charge in [0, 0.05) is 42.3 Å². The van der Waals surface area contributed by atoms with E-state index in [1.165, 1.54) is 4.90 Å². The number of ether oxygens (including phenoxy) is 1. The fourth-order valence-electron chi connectivity index (χ4n) is 2.34. The van der Waals surface area contributed by atoms with Gasteiger partial charge in [-0.15, -0.1) is 11.8 Å². The van der Waals surface area contributed by atoms with Gasteiger partial charge in [-0.05, 0) is 18.6 Å². The largest absolute Gasteiger partial charge is 0.379 e. The number of benzene rings is 1. The number of hydrogen-bond acceptors (Lipinski definition) is 4. The van der Waals surface area contributed by atoms with Crippen molar-refractivity contribution in [1.29, 1.82) is 0 Å². The zero-order chi connectivity index (χ0) is 14.9. The zero-order valence-electron chi connectivity index (χ0n) is 12.8. The first-order valence-electron chi connectivity index (χ1n) is 7.85. The first-order chi connectivity index (χ1) is 10.3. The molecule has 21 heavy (non-hydrogen) atoms. The van der Waals surface area contributed by atoms with Crippen molar-refractivity contribution in [2.24, 2.45) is 0 Å². The molecule has 0 atom stereocenters. The minimum absolute atomic E-state index is 0.265. The number of carbonyl (C=O) groups excluding carboxylic acids is 1. The van der Waals surface area contributed by atoms with Crippen LogP contribution in [-0.4, -0.2) is 49.3 Å². The van der Waals surface area contributed by atoms with Gasteiger partial charge in [-0.25, -0.2) is 0 Å². The van der Waals surface area contributed by atoms with E-state index in [0.717, 1.165) is 57.0 Å². The third kappa shape index (κ3) is 5.81. The van der Waals surface area contributed by atoms with Crippen LogP contribution >= 0.6 is 11.8 Å². The van der Waals surface area contributed by atoms with E-state index >= 15 is 0 Å². The van der Waals surface area contributed by atoms with Gasteiger partial charge in [0.15, 0.2) is 5.78 Å². The van der Waals surface area contributed by atoms with Crippen LogP contribution in [0.2, 0.25) is 0 Å². The predicted octanol–water partition coefficient (Wildman–Crippen LogP) is 3.48. The van der Waals surface area contributed by atoms with Gasteiger partial charge in [0.05, 0.1) is 13.2 Å². The van der Waals surface area contributed by atoms with E-state index in [-0.39, 0.29) is 5.78 Å². The van der Waals surface area contributed by atoms with E-state index in [2.05, 4.69) is 24.0 Å². The quantitative estimate of drug-likeness (QED) is 0.543. The molecule has 0 aromatic heterocycles. The summed E-state index contributed by atoms with van der Waals surface area (Å²) in [5.41, 5.74) is 0.848. The first kappa shape index (κ1) is 16.5. The van der Waals surface area contributed by atoms with E-state index in [9.17, 15) is 4.79 Å². The molecule has 3 nitrogen and oxygen atoms in total. The number of morpholine rings is 1. The molecule has 0 radical (unpaired) electrons. The highest BCUT2D eigenvalue weighted by Gasteiger charge is 2.10. The Morgan fingerprint density at radius 1 is 1.24 bits per heavy atom. The maximum absolute atomic E-state index is 11.9. The molecule has 1 aliphatic rings. The molecule has 1 heterocycles. The van der Waals surface area contributed by atoms with Crippen molar-refractivity contribution >= 4 is 17.5 Å². The molecule has 0 amide bonds. The van der Waals surface area contributed by atoms with Gasteiger partial charge in [0.1, 0.15) is 0 Å². The minimum atomic E-state index is 0.265. The average molecular weight is 307 g/mol. The Balaban J connectivity index is 1.72. The molecule has 0 bridgehead atoms. The van der Waals surface area contributed by atoms with Crippen LogP contribution in [0.5, 0.6) is 0 Å². The van der Waals surface area contributed by atoms with E-state index in [1.54, 1.807) is 0 Å². The normalized spacial score (nSPS) is 16.0. The Morgan fingerprint density at radius 2 is 1.95 bits per heavy atom. The molecule has 1 aromatic carbocycles. The third-order valence-electron chi connectivity index (χ3n) is 3.71. The standard InChI is InChI=1S/C17H25NO2S/c1-2-3-4-17(19)15-5-7-16(8-6-15)21-14-11-18-9-12-20-13-10-18/h5-8H,2-4,9-14H2,1H3. The molecule has 1 aliphatic heterocycles. The summed E-state index contributed by atoms with van der Waals surface area (Å²) in [6, 6.07) is 8.08. The molecule has 0 N–H and O–H groups in total. The Kier molecular flexibility index (Phi) is 7.27. The van der Waals surface area contributed by atoms with Gasteiger partial charge in [-0.2, -0.15) is 0 Å². The number of unbranched alkanes of at least 4 members (excludes halogenated alkanes) is 1. The van der Waals surface area contributed by atoms with E-state index in [4.69, 9.17) is 4.74 Å². The van der Waals surface area contributed by atoms with Crippen LogP contribution in [0.4, 0.5) is 0 Å². The van der Waals surface area contributed by atoms with E-state index in [0.29, 0.717) is 6.42 Å². The van der Waals surface area contributed by atoms with Gasteiger partial charge >= 0.3 is 0 Å². The van der Waals surface area contributed by atoms with Crippen LogP contribution in [0, 0.1) is 0 Å². The minimum Gasteiger partial charge on any atom is -0.379 e. The van der Waals surface area contributed by atoms with Crippen LogP contribution in [0.1, 0.15) is 36.5 Å². The van der Waals surface area contributed by atoms with Crippen molar-refractivity contribution in [2.75, 3.05) is 38.6 Å². The maximum Gasteiger partial charge on any atom is 0.162 e. The summed E-state index contributed by atoms with van der Waals surface area (Å²) in [7, 11) is 0. The van der Waals surface area contributed by atoms with Crippen LogP contribution < -0.4 is 0 Å². The fourth-order valence-corrected chi connectivity index (χ4v) is 3.25. The zero-order valence-corrected chi connectivity index (χ0v) is 13.7. The lowest BCUT2D eigenvalue weighted by Gasteiger charge is -2.26. The molecule has 0 saturated carbocycles. The van der Waals surface area contributed by atoms with Crippen molar-refractivity contribution in [2.45, 2.75) is 31.1 Å². The van der Waals surface area contributed by atoms with Crippen LogP contribution in [0.3, 0.4) is 0 Å². The second-order valence-electron chi connectivity index (χ2n) is 5.35. The topological polar surface area (TPSA) is 29.5 Å². The summed E-state index contributed by atoms with van der Waals surface area (Å²) in [6.07, 6.45) is 2.72. The molecular formula is C17H25NO2S. The smallest absolute Gasteiger partial charge is 0.162 e. The molecule has 4 heteroatoms. The van der Waals surface area contributed by atoms with Gasteiger partial charge < -0.3 is 4.74 Å². The molecule has 1 fully saturated rings. The second kappa shape index (κ2) is 9.23. The molecule has 0 unspecified atom stereocenters.